The number of aliphatic hydroxyl groups is 1. The molecule has 2 aliphatic carbocycles. The Labute approximate surface area is 423 Å². The summed E-state index contributed by atoms with van der Waals surface area (Å²) in [5.74, 6) is 2.02. The summed E-state index contributed by atoms with van der Waals surface area (Å²) >= 11 is 0. The van der Waals surface area contributed by atoms with Crippen molar-refractivity contribution in [2.75, 3.05) is 56.3 Å². The number of nitrogens with zero attached hydrogens (tertiary/aromatic N) is 3. The lowest BCUT2D eigenvalue weighted by Gasteiger charge is -2.47. The third-order valence-corrected chi connectivity index (χ3v) is 14.6. The number of fused-ring (bicyclic) bond motifs is 3. The van der Waals surface area contributed by atoms with Crippen LogP contribution in [0.5, 0.6) is 5.75 Å². The number of cyclic esters (lactones) is 1. The molecular weight excluding hydrogens is 927 g/mol. The van der Waals surface area contributed by atoms with Crippen LogP contribution in [0.4, 0.5) is 21.0 Å². The quantitative estimate of drug-likeness (QED) is 0.0860. The molecule has 6 amide bonds. The maximum atomic E-state index is 16.7. The number of carbonyl (C=O) groups excluding carboxylic acids is 5. The molecule has 4 aliphatic heterocycles. The SMILES string of the molecule is NC(=O)NCC#CC1=CC2C(C=C1)N(C(=O)NCc1ccccc1)C(=O)[C@]21[C@H](c2ccc(OCCO)cc2)N2[C@H](C3=CCCC=C3)[C@H](c3ccccc3)OC(=O)[C@H]2[C@@H]1C(=O)Nc1ccc(N2CCOCC2)cc1. The first-order valence-electron chi connectivity index (χ1n) is 24.7. The molecule has 4 heterocycles. The molecule has 8 atom stereocenters. The number of hydrogen-bond acceptors (Lipinski definition) is 11. The lowest BCUT2D eigenvalue weighted by molar-refractivity contribution is -0.174. The van der Waals surface area contributed by atoms with Gasteiger partial charge in [0, 0.05) is 42.5 Å². The molecule has 0 saturated carbocycles. The first-order chi connectivity index (χ1) is 35.7. The fourth-order valence-electron chi connectivity index (χ4n) is 11.5. The molecule has 0 radical (unpaired) electrons. The van der Waals surface area contributed by atoms with Gasteiger partial charge in [0.15, 0.2) is 0 Å². The molecule has 374 valence electrons. The van der Waals surface area contributed by atoms with Crippen LogP contribution in [0, 0.1) is 29.1 Å². The third-order valence-electron chi connectivity index (χ3n) is 14.6. The minimum absolute atomic E-state index is 0.0366. The van der Waals surface area contributed by atoms with Gasteiger partial charge in [-0.3, -0.25) is 24.2 Å². The molecule has 4 fully saturated rings. The van der Waals surface area contributed by atoms with Gasteiger partial charge in [-0.25, -0.2) is 9.59 Å². The van der Waals surface area contributed by atoms with Crippen LogP contribution in [0.2, 0.25) is 0 Å². The molecule has 4 saturated heterocycles. The van der Waals surface area contributed by atoms with Crippen LogP contribution < -0.4 is 31.3 Å². The van der Waals surface area contributed by atoms with Gasteiger partial charge in [-0.15, -0.1) is 0 Å². The van der Waals surface area contributed by atoms with Crippen molar-refractivity contribution in [3.05, 3.63) is 173 Å². The van der Waals surface area contributed by atoms with Gasteiger partial charge in [-0.1, -0.05) is 115 Å². The lowest BCUT2D eigenvalue weighted by atomic mass is 9.60. The van der Waals surface area contributed by atoms with E-state index in [-0.39, 0.29) is 26.3 Å². The Morgan fingerprint density at radius 3 is 2.29 bits per heavy atom. The third kappa shape index (κ3) is 9.50. The van der Waals surface area contributed by atoms with Gasteiger partial charge in [0.05, 0.1) is 55.8 Å². The van der Waals surface area contributed by atoms with E-state index in [9.17, 15) is 9.90 Å². The van der Waals surface area contributed by atoms with Gasteiger partial charge in [-0.2, -0.15) is 0 Å². The number of likely N-dealkylation sites (tertiary alicyclic amines) is 1. The number of urea groups is 2. The first-order valence-corrected chi connectivity index (χ1v) is 24.7. The molecule has 0 aromatic heterocycles. The number of anilines is 2. The summed E-state index contributed by atoms with van der Waals surface area (Å²) in [6.45, 7) is 2.45. The van der Waals surface area contributed by atoms with E-state index in [1.54, 1.807) is 36.4 Å². The zero-order chi connectivity index (χ0) is 50.5. The summed E-state index contributed by atoms with van der Waals surface area (Å²) in [5.41, 5.74) is 8.20. The molecule has 6 aliphatic rings. The zero-order valence-corrected chi connectivity index (χ0v) is 40.1. The van der Waals surface area contributed by atoms with E-state index in [0.717, 1.165) is 23.2 Å². The Kier molecular flexibility index (Phi) is 14.3. The van der Waals surface area contributed by atoms with Crippen LogP contribution in [-0.2, 0) is 30.4 Å². The Morgan fingerprint density at radius 2 is 1.59 bits per heavy atom. The fraction of sp³-hybridized carbons (Fsp3) is 0.316. The number of imide groups is 1. The number of nitrogens with two attached hydrogens (primary N) is 1. The molecule has 10 rings (SSSR count). The number of benzene rings is 4. The highest BCUT2D eigenvalue weighted by Gasteiger charge is 2.78. The molecule has 73 heavy (non-hydrogen) atoms. The second-order valence-corrected chi connectivity index (χ2v) is 18.7. The Bertz CT molecular complexity index is 2910. The van der Waals surface area contributed by atoms with Crippen molar-refractivity contribution in [1.29, 1.82) is 0 Å². The molecule has 4 aromatic carbocycles. The Hall–Kier alpha value is -7.97. The first kappa shape index (κ1) is 48.6. The van der Waals surface area contributed by atoms with E-state index in [0.29, 0.717) is 60.9 Å². The van der Waals surface area contributed by atoms with E-state index in [2.05, 4.69) is 44.8 Å². The number of aliphatic hydroxyl groups excluding tert-OH is 1. The summed E-state index contributed by atoms with van der Waals surface area (Å²) in [6, 6.07) is 27.7. The predicted molar refractivity (Wildman–Crippen MR) is 272 cm³/mol. The summed E-state index contributed by atoms with van der Waals surface area (Å²) in [7, 11) is 0. The molecule has 6 N–H and O–H groups in total. The number of hydrogen-bond donors (Lipinski definition) is 5. The average molecular weight is 984 g/mol. The van der Waals surface area contributed by atoms with Crippen molar-refractivity contribution >= 4 is 41.2 Å². The van der Waals surface area contributed by atoms with Crippen molar-refractivity contribution < 1.29 is 43.3 Å². The zero-order valence-electron chi connectivity index (χ0n) is 40.1. The number of morpholine rings is 2. The van der Waals surface area contributed by atoms with Crippen molar-refractivity contribution in [2.45, 2.75) is 49.7 Å². The normalized spacial score (nSPS) is 26.1. The van der Waals surface area contributed by atoms with Gasteiger partial charge in [0.1, 0.15) is 24.5 Å². The lowest BCUT2D eigenvalue weighted by Crippen LogP contribution is -2.57. The number of esters is 1. The highest BCUT2D eigenvalue weighted by molar-refractivity contribution is 6.08. The van der Waals surface area contributed by atoms with Crippen LogP contribution >= 0.6 is 0 Å². The van der Waals surface area contributed by atoms with Crippen LogP contribution in [0.3, 0.4) is 0 Å². The minimum Gasteiger partial charge on any atom is -0.491 e. The number of primary amides is 1. The molecular formula is C57H57N7O9. The van der Waals surface area contributed by atoms with Crippen LogP contribution in [0.25, 0.3) is 0 Å². The van der Waals surface area contributed by atoms with Crippen LogP contribution in [-0.4, -0.2) is 109 Å². The van der Waals surface area contributed by atoms with Crippen molar-refractivity contribution in [3.8, 4) is 17.6 Å². The summed E-state index contributed by atoms with van der Waals surface area (Å²) in [6.07, 6.45) is 12.1. The molecule has 1 spiro atoms. The summed E-state index contributed by atoms with van der Waals surface area (Å²) in [5, 5.41) is 18.3. The number of nitrogens with one attached hydrogen (secondary N) is 3. The van der Waals surface area contributed by atoms with E-state index in [1.807, 2.05) is 102 Å². The maximum absolute atomic E-state index is 16.7. The van der Waals surface area contributed by atoms with Gasteiger partial charge in [0.25, 0.3) is 0 Å². The van der Waals surface area contributed by atoms with Gasteiger partial charge in [-0.05, 0) is 77.6 Å². The minimum atomic E-state index is -1.93. The van der Waals surface area contributed by atoms with Crippen molar-refractivity contribution in [3.63, 3.8) is 0 Å². The molecule has 2 unspecified atom stereocenters. The summed E-state index contributed by atoms with van der Waals surface area (Å²) in [4.78, 5) is 80.4. The topological polar surface area (TPSA) is 205 Å². The smallest absolute Gasteiger partial charge is 0.324 e. The number of amides is 6. The summed E-state index contributed by atoms with van der Waals surface area (Å²) < 4.78 is 18.1. The monoisotopic (exact) mass is 983 g/mol. The average Bonchev–Trinajstić information content (AvgIpc) is 3.88. The van der Waals surface area contributed by atoms with Gasteiger partial charge >= 0.3 is 18.0 Å². The van der Waals surface area contributed by atoms with E-state index < -0.39 is 77.4 Å². The molecule has 16 nitrogen and oxygen atoms in total. The van der Waals surface area contributed by atoms with E-state index >= 15 is 19.2 Å². The van der Waals surface area contributed by atoms with Crippen LogP contribution in [0.15, 0.2) is 157 Å². The largest absolute Gasteiger partial charge is 0.491 e. The standard InChI is InChI=1S/C57H57N7O9/c58-55(69)59-28-10-13-37-18-27-46-45(35-37)57(54(68)63(46)56(70)60-36-38-11-4-1-5-12-38)47(52(66)61-42-21-23-43(24-22-42)62-29-32-71-33-30-62)49-53(67)73-50(40-16-8-3-9-17-40)48(39-14-6-2-7-15-39)64(49)51(57)41-19-25-44(26-20-41)72-34-31-65/h1,3-6,8-9,11-12,14-27,35,45-51,65H,2,7,28-34,36H2,(H,60,70)(H,61,66)(H3,58,59,69)/t45?,46?,47-,48-,49-,50+,51+,57-/m1/s1. The van der Waals surface area contributed by atoms with E-state index in [1.165, 1.54) is 4.90 Å². The highest BCUT2D eigenvalue weighted by Crippen LogP contribution is 2.67. The van der Waals surface area contributed by atoms with Crippen molar-refractivity contribution in [1.82, 2.24) is 20.4 Å². The Morgan fingerprint density at radius 1 is 0.849 bits per heavy atom. The Balaban J connectivity index is 1.20. The second-order valence-electron chi connectivity index (χ2n) is 18.7. The number of ether oxygens (including phenoxy) is 3. The number of allylic oxidation sites excluding steroid dienone is 4. The van der Waals surface area contributed by atoms with Gasteiger partial charge < -0.3 is 45.9 Å². The predicted octanol–water partition coefficient (Wildman–Crippen LogP) is 5.71. The number of carbonyl (C=O) groups is 5. The van der Waals surface area contributed by atoms with Crippen LogP contribution in [0.1, 0.15) is 41.7 Å². The molecule has 4 aromatic rings. The highest BCUT2D eigenvalue weighted by atomic mass is 16.6. The van der Waals surface area contributed by atoms with Crippen molar-refractivity contribution in [2.24, 2.45) is 23.0 Å². The second kappa shape index (κ2) is 21.4. The maximum Gasteiger partial charge on any atom is 0.324 e. The van der Waals surface area contributed by atoms with Gasteiger partial charge in [0.2, 0.25) is 11.8 Å². The van der Waals surface area contributed by atoms with E-state index in [4.69, 9.17) is 19.9 Å². The molecule has 16 heteroatoms. The number of rotatable bonds is 12. The molecule has 0 bridgehead atoms. The fourth-order valence-corrected chi connectivity index (χ4v) is 11.5.